The Hall–Kier alpha value is -2.16. The Balaban J connectivity index is 1.50. The van der Waals surface area contributed by atoms with Gasteiger partial charge in [-0.2, -0.15) is 4.68 Å². The summed E-state index contributed by atoms with van der Waals surface area (Å²) in [6.45, 7) is 0. The van der Waals surface area contributed by atoms with Crippen LogP contribution in [0.25, 0.3) is 16.5 Å². The van der Waals surface area contributed by atoms with Crippen molar-refractivity contribution in [3.05, 3.63) is 58.8 Å². The van der Waals surface area contributed by atoms with Crippen molar-refractivity contribution < 1.29 is 4.42 Å². The summed E-state index contributed by atoms with van der Waals surface area (Å²) in [6, 6.07) is 11.3. The van der Waals surface area contributed by atoms with Gasteiger partial charge in [-0.1, -0.05) is 35.5 Å². The van der Waals surface area contributed by atoms with Crippen LogP contribution in [0.2, 0.25) is 5.02 Å². The van der Waals surface area contributed by atoms with Crippen molar-refractivity contribution in [1.82, 2.24) is 25.2 Å². The van der Waals surface area contributed by atoms with E-state index in [-0.39, 0.29) is 0 Å². The lowest BCUT2D eigenvalue weighted by atomic mass is 10.3. The van der Waals surface area contributed by atoms with Crippen LogP contribution in [-0.2, 0) is 5.75 Å². The third-order valence-electron chi connectivity index (χ3n) is 3.13. The number of oxazole rings is 1. The second-order valence-electron chi connectivity index (χ2n) is 4.76. The molecule has 0 fully saturated rings. The van der Waals surface area contributed by atoms with Gasteiger partial charge in [0.25, 0.3) is 0 Å². The predicted molar refractivity (Wildman–Crippen MR) is 93.5 cm³/mol. The molecule has 4 rings (SSSR count). The van der Waals surface area contributed by atoms with E-state index in [0.29, 0.717) is 21.8 Å². The molecule has 0 N–H and O–H groups in total. The zero-order valence-electron chi connectivity index (χ0n) is 12.2. The van der Waals surface area contributed by atoms with Gasteiger partial charge in [-0.05, 0) is 40.1 Å². The Labute approximate surface area is 150 Å². The van der Waals surface area contributed by atoms with E-state index in [4.69, 9.17) is 16.0 Å². The molecule has 0 aliphatic carbocycles. The van der Waals surface area contributed by atoms with Crippen LogP contribution in [0.15, 0.2) is 57.6 Å². The highest BCUT2D eigenvalue weighted by Crippen LogP contribution is 2.27. The molecule has 0 aliphatic heterocycles. The average molecular weight is 376 g/mol. The molecule has 0 amide bonds. The minimum Gasteiger partial charge on any atom is -0.444 e. The molecule has 0 saturated carbocycles. The normalized spacial score (nSPS) is 11.0. The summed E-state index contributed by atoms with van der Waals surface area (Å²) in [6.07, 6.45) is 1.66. The highest BCUT2D eigenvalue weighted by Gasteiger charge is 2.12. The fraction of sp³-hybridized carbons (Fsp3) is 0.0667. The van der Waals surface area contributed by atoms with Crippen LogP contribution in [0.3, 0.4) is 0 Å². The highest BCUT2D eigenvalue weighted by molar-refractivity contribution is 7.98. The quantitative estimate of drug-likeness (QED) is 0.484. The highest BCUT2D eigenvalue weighted by atomic mass is 35.5. The molecule has 0 aliphatic rings. The largest absolute Gasteiger partial charge is 0.444 e. The first-order valence-corrected chi connectivity index (χ1v) is 9.19. The number of thiophene rings is 1. The number of halogens is 1. The molecule has 3 aromatic heterocycles. The van der Waals surface area contributed by atoms with Gasteiger partial charge < -0.3 is 4.42 Å². The zero-order valence-corrected chi connectivity index (χ0v) is 14.6. The maximum atomic E-state index is 6.03. The van der Waals surface area contributed by atoms with Gasteiger partial charge in [-0.25, -0.2) is 4.98 Å². The third-order valence-corrected chi connectivity index (χ3v) is 5.17. The van der Waals surface area contributed by atoms with Gasteiger partial charge in [0, 0.05) is 10.8 Å². The number of rotatable bonds is 5. The van der Waals surface area contributed by atoms with E-state index in [2.05, 4.69) is 20.5 Å². The van der Waals surface area contributed by atoms with Crippen LogP contribution in [0.5, 0.6) is 0 Å². The number of tetrazole rings is 1. The van der Waals surface area contributed by atoms with Gasteiger partial charge in [-0.3, -0.25) is 0 Å². The van der Waals surface area contributed by atoms with Crippen LogP contribution < -0.4 is 0 Å². The number of hydrogen-bond acceptors (Lipinski definition) is 7. The van der Waals surface area contributed by atoms with E-state index < -0.39 is 0 Å². The van der Waals surface area contributed by atoms with Crippen LogP contribution in [-0.4, -0.2) is 25.2 Å². The predicted octanol–water partition coefficient (Wildman–Crippen LogP) is 4.32. The van der Waals surface area contributed by atoms with Crippen LogP contribution in [0.4, 0.5) is 0 Å². The first-order chi connectivity index (χ1) is 11.8. The average Bonchev–Trinajstić information content (AvgIpc) is 3.33. The first kappa shape index (κ1) is 15.4. The molecule has 3 heterocycles. The molecule has 0 radical (unpaired) electrons. The lowest BCUT2D eigenvalue weighted by Gasteiger charge is -2.03. The van der Waals surface area contributed by atoms with Crippen molar-refractivity contribution in [3.8, 4) is 16.5 Å². The lowest BCUT2D eigenvalue weighted by molar-refractivity contribution is 0.575. The Morgan fingerprint density at radius 1 is 1.25 bits per heavy atom. The standard InChI is InChI=1S/C15H10ClN5OS2/c16-10-3-1-4-12(7-10)21-15(18-19-20-21)24-9-11-8-22-14(17-11)13-5-2-6-23-13/h1-8H,9H2. The SMILES string of the molecule is Clc1cccc(-n2nnnc2SCc2coc(-c3cccs3)n2)c1. The molecule has 4 aromatic rings. The van der Waals surface area contributed by atoms with E-state index in [1.54, 1.807) is 22.3 Å². The number of nitrogens with zero attached hydrogens (tertiary/aromatic N) is 5. The van der Waals surface area contributed by atoms with Gasteiger partial charge in [0.15, 0.2) is 0 Å². The van der Waals surface area contributed by atoms with Crippen LogP contribution in [0, 0.1) is 0 Å². The molecule has 0 atom stereocenters. The van der Waals surface area contributed by atoms with Crippen LogP contribution >= 0.6 is 34.7 Å². The molecule has 9 heteroatoms. The van der Waals surface area contributed by atoms with Crippen molar-refractivity contribution in [2.24, 2.45) is 0 Å². The summed E-state index contributed by atoms with van der Waals surface area (Å²) in [5.74, 6) is 1.24. The van der Waals surface area contributed by atoms with Gasteiger partial charge in [0.05, 0.1) is 16.3 Å². The van der Waals surface area contributed by atoms with Crippen molar-refractivity contribution >= 4 is 34.7 Å². The van der Waals surface area contributed by atoms with E-state index in [0.717, 1.165) is 16.3 Å². The molecule has 1 aromatic carbocycles. The Kier molecular flexibility index (Phi) is 4.33. The van der Waals surface area contributed by atoms with Crippen molar-refractivity contribution in [1.29, 1.82) is 0 Å². The Morgan fingerprint density at radius 3 is 3.04 bits per heavy atom. The molecule has 6 nitrogen and oxygen atoms in total. The fourth-order valence-electron chi connectivity index (χ4n) is 2.06. The molecule has 120 valence electrons. The van der Waals surface area contributed by atoms with Gasteiger partial charge in [0.1, 0.15) is 6.26 Å². The number of benzene rings is 1. The molecule has 0 unspecified atom stereocenters. The van der Waals surface area contributed by atoms with Crippen molar-refractivity contribution in [2.75, 3.05) is 0 Å². The van der Waals surface area contributed by atoms with Gasteiger partial charge in [-0.15, -0.1) is 16.4 Å². The smallest absolute Gasteiger partial charge is 0.236 e. The van der Waals surface area contributed by atoms with Gasteiger partial charge in [0.2, 0.25) is 11.0 Å². The summed E-state index contributed by atoms with van der Waals surface area (Å²) < 4.78 is 7.17. The summed E-state index contributed by atoms with van der Waals surface area (Å²) in [7, 11) is 0. The van der Waals surface area contributed by atoms with Crippen molar-refractivity contribution in [2.45, 2.75) is 10.9 Å². The first-order valence-electron chi connectivity index (χ1n) is 6.95. The van der Waals surface area contributed by atoms with E-state index in [1.165, 1.54) is 11.8 Å². The van der Waals surface area contributed by atoms with Gasteiger partial charge >= 0.3 is 0 Å². The lowest BCUT2D eigenvalue weighted by Crippen LogP contribution is -1.99. The van der Waals surface area contributed by atoms with Crippen LogP contribution in [0.1, 0.15) is 5.69 Å². The minimum atomic E-state index is 0.607. The minimum absolute atomic E-state index is 0.607. The van der Waals surface area contributed by atoms with E-state index in [1.807, 2.05) is 41.8 Å². The topological polar surface area (TPSA) is 69.6 Å². The van der Waals surface area contributed by atoms with Crippen molar-refractivity contribution in [3.63, 3.8) is 0 Å². The molecule has 0 saturated heterocycles. The summed E-state index contributed by atoms with van der Waals surface area (Å²) in [4.78, 5) is 5.50. The summed E-state index contributed by atoms with van der Waals surface area (Å²) in [5, 5.41) is 15.1. The summed E-state index contributed by atoms with van der Waals surface area (Å²) >= 11 is 9.11. The Bertz CT molecular complexity index is 950. The Morgan fingerprint density at radius 2 is 2.21 bits per heavy atom. The molecular weight excluding hydrogens is 366 g/mol. The number of aromatic nitrogens is 5. The third kappa shape index (κ3) is 3.21. The molecule has 0 bridgehead atoms. The fourth-order valence-corrected chi connectivity index (χ4v) is 3.67. The monoisotopic (exact) mass is 375 g/mol. The number of thioether (sulfide) groups is 1. The second-order valence-corrected chi connectivity index (χ2v) is 7.09. The molecule has 24 heavy (non-hydrogen) atoms. The zero-order chi connectivity index (χ0) is 16.4. The summed E-state index contributed by atoms with van der Waals surface area (Å²) in [5.41, 5.74) is 1.65. The second kappa shape index (κ2) is 6.76. The molecular formula is C15H10ClN5OS2. The number of hydrogen-bond donors (Lipinski definition) is 0. The van der Waals surface area contributed by atoms with E-state index >= 15 is 0 Å². The molecule has 0 spiro atoms. The maximum Gasteiger partial charge on any atom is 0.236 e. The maximum absolute atomic E-state index is 6.03. The van der Waals surface area contributed by atoms with E-state index in [9.17, 15) is 0 Å².